The van der Waals surface area contributed by atoms with Crippen LogP contribution in [-0.4, -0.2) is 262 Å². The molecule has 31 heteroatoms. The van der Waals surface area contributed by atoms with Gasteiger partial charge in [0.25, 0.3) is 0 Å². The highest BCUT2D eigenvalue weighted by molar-refractivity contribution is 7.13. The normalized spacial score (nSPS) is 15.0. The van der Waals surface area contributed by atoms with E-state index in [0.717, 1.165) is 50.6 Å². The summed E-state index contributed by atoms with van der Waals surface area (Å²) >= 11 is 1.60. The molecule has 2 aliphatic heterocycles. The number of Topliss-reactive ketones (excluding diaryl/α,β-unsaturated/α-hetero) is 2. The van der Waals surface area contributed by atoms with E-state index in [1.54, 1.807) is 23.7 Å². The number of amides is 2. The average molecular weight is 1560 g/mol. The number of halogens is 3. The molecule has 3 aromatic heterocycles. The number of morpholine rings is 1. The maximum atomic E-state index is 13.2. The van der Waals surface area contributed by atoms with Crippen LogP contribution in [0.1, 0.15) is 114 Å². The molecule has 5 heterocycles. The Morgan fingerprint density at radius 3 is 1.70 bits per heavy atom. The molecule has 27 nitrogen and oxygen atoms in total. The van der Waals surface area contributed by atoms with Crippen LogP contribution >= 0.6 is 11.3 Å². The number of aromatic nitrogens is 3. The number of alkyl halides is 3. The Kier molecular flexibility index (Phi) is 44.6. The van der Waals surface area contributed by atoms with Crippen molar-refractivity contribution in [1.82, 2.24) is 25.2 Å². The number of aliphatic hydroxyl groups is 1. The number of carboxylic acid groups (broad SMARTS) is 1. The van der Waals surface area contributed by atoms with Gasteiger partial charge >= 0.3 is 12.1 Å². The number of nitrogens with one attached hydrogen (secondary N) is 1. The number of carboxylic acids is 1. The van der Waals surface area contributed by atoms with Crippen LogP contribution in [0.5, 0.6) is 5.88 Å². The van der Waals surface area contributed by atoms with Gasteiger partial charge < -0.3 is 92.6 Å². The van der Waals surface area contributed by atoms with Crippen LogP contribution in [0.15, 0.2) is 78.6 Å². The Bertz CT molecular complexity index is 3430. The standard InChI is InChI=1S/C36H44F3N3O10.C23H32N4O3S.C18H36O7.CH4/c1-26-31(19-27(23-40-26)20-33(43)28-3-2-4-30(21-28)36(37,38)39)29-22-32(42-5-7-46-8-6-42)35(41-24-29)52-18-17-50-14-13-48-10-9-47-11-12-49-15-16-51-25-34(44)45;1-13(15-6-8-16(9-7-15)19-14(2)25-12-31-19)26-21(29)18-10-17(28)11-27(18)22(30)20(24)23(3,4)5;1-16(2)18(19)15-24-12-11-22-8-7-20-5-6-21-9-10-23-13-14-25-17(3)4;/h2-4,19,21-24H,5-18,20,25H2,1H3,(H,44,45);6-9,12-13,17-18,20,28H,10-11,24H2,1-5H3,(H,26,29);16-17H,5-15H2,1-4H3;1H4/t;13-,17+,18-,20-;;/m.0../s1. The SMILES string of the molecule is C.CC(C)OCCOCCOCCOCCOCCOCC(=O)C(C)C.Cc1ncc(CC(=O)c2cccc(C(F)(F)F)c2)cc1-c1cnc(OCCOCCOCCOCCOCCOCC(=O)O)c(N2CCOCC2)c1.Cc1ncsc1-c1ccc([C@H](C)NC(=O)[C@@H]2C[C@@H](O)CN2C(=O)[C@H](N)C(C)(C)C)cc1. The molecule has 7 rings (SSSR count). The van der Waals surface area contributed by atoms with Gasteiger partial charge in [0.1, 0.15) is 31.5 Å². The molecule has 610 valence electrons. The fourth-order valence-corrected chi connectivity index (χ4v) is 11.2. The van der Waals surface area contributed by atoms with Gasteiger partial charge in [-0.15, -0.1) is 11.3 Å². The van der Waals surface area contributed by atoms with E-state index < -0.39 is 47.1 Å². The highest BCUT2D eigenvalue weighted by atomic mass is 32.1. The number of aliphatic carboxylic acids is 1. The summed E-state index contributed by atoms with van der Waals surface area (Å²) in [6, 6.07) is 14.5. The number of aliphatic hydroxyl groups excluding tert-OH is 1. The third-order valence-corrected chi connectivity index (χ3v) is 17.6. The monoisotopic (exact) mass is 1560 g/mol. The van der Waals surface area contributed by atoms with Crippen LogP contribution in [0.2, 0.25) is 0 Å². The van der Waals surface area contributed by atoms with E-state index in [-0.39, 0.29) is 94.5 Å². The van der Waals surface area contributed by atoms with Crippen molar-refractivity contribution in [1.29, 1.82) is 0 Å². The van der Waals surface area contributed by atoms with Crippen molar-refractivity contribution in [3.63, 3.8) is 0 Å². The van der Waals surface area contributed by atoms with E-state index >= 15 is 0 Å². The number of ether oxygens (including phenoxy) is 13. The number of anilines is 1. The lowest BCUT2D eigenvalue weighted by atomic mass is 9.86. The molecular formula is C78H116F3N7O20S. The summed E-state index contributed by atoms with van der Waals surface area (Å²) in [7, 11) is 0. The first-order valence-electron chi connectivity index (χ1n) is 36.4. The minimum atomic E-state index is -4.54. The molecule has 5 N–H and O–H groups in total. The van der Waals surface area contributed by atoms with Gasteiger partial charge in [0.2, 0.25) is 17.7 Å². The van der Waals surface area contributed by atoms with Crippen LogP contribution in [-0.2, 0) is 88.6 Å². The summed E-state index contributed by atoms with van der Waals surface area (Å²) in [5.41, 5.74) is 13.2. The fourth-order valence-electron chi connectivity index (χ4n) is 10.4. The number of β-amino-alcohol motifs (C(OH)–C–C–N with tert-alkyl or cyclic N) is 1. The lowest BCUT2D eigenvalue weighted by Crippen LogP contribution is -2.55. The van der Waals surface area contributed by atoms with Crippen molar-refractivity contribution >= 4 is 46.4 Å². The molecule has 0 saturated carbocycles. The van der Waals surface area contributed by atoms with E-state index in [4.69, 9.17) is 72.4 Å². The van der Waals surface area contributed by atoms with Crippen molar-refractivity contribution in [2.24, 2.45) is 17.1 Å². The molecule has 5 aromatic rings. The number of pyridine rings is 2. The van der Waals surface area contributed by atoms with Gasteiger partial charge in [-0.05, 0) is 81.0 Å². The number of likely N-dealkylation sites (tertiary alicyclic amines) is 1. The quantitative estimate of drug-likeness (QED) is 0.0208. The molecule has 0 unspecified atom stereocenters. The average Bonchev–Trinajstić information content (AvgIpc) is 1.45. The second-order valence-corrected chi connectivity index (χ2v) is 27.8. The number of aryl methyl sites for hydroxylation is 2. The Balaban J connectivity index is 0.000000375. The molecule has 2 saturated heterocycles. The van der Waals surface area contributed by atoms with Gasteiger partial charge in [0.05, 0.1) is 185 Å². The predicted octanol–water partition coefficient (Wildman–Crippen LogP) is 9.27. The zero-order valence-corrected chi connectivity index (χ0v) is 64.9. The first-order chi connectivity index (χ1) is 51.6. The van der Waals surface area contributed by atoms with Crippen molar-refractivity contribution in [3.8, 4) is 27.4 Å². The van der Waals surface area contributed by atoms with E-state index in [9.17, 15) is 42.3 Å². The third-order valence-electron chi connectivity index (χ3n) is 16.6. The van der Waals surface area contributed by atoms with E-state index in [2.05, 4.69) is 25.2 Å². The molecule has 0 bridgehead atoms. The topological polar surface area (TPSA) is 329 Å². The Morgan fingerprint density at radius 2 is 1.19 bits per heavy atom. The van der Waals surface area contributed by atoms with Gasteiger partial charge in [-0.25, -0.2) is 14.8 Å². The minimum Gasteiger partial charge on any atom is -0.480 e. The van der Waals surface area contributed by atoms with Crippen molar-refractivity contribution in [3.05, 3.63) is 112 Å². The number of carbonyl (C=O) groups excluding carboxylic acids is 4. The Labute approximate surface area is 643 Å². The molecule has 2 aromatic carbocycles. The smallest absolute Gasteiger partial charge is 0.416 e. The lowest BCUT2D eigenvalue weighted by molar-refractivity contribution is -0.143. The molecule has 2 amide bonds. The number of thiazole rings is 1. The zero-order valence-electron chi connectivity index (χ0n) is 64.1. The van der Waals surface area contributed by atoms with Crippen LogP contribution in [0, 0.1) is 25.2 Å². The van der Waals surface area contributed by atoms with Crippen LogP contribution in [0.25, 0.3) is 21.6 Å². The third kappa shape index (κ3) is 36.3. The molecule has 109 heavy (non-hydrogen) atoms. The van der Waals surface area contributed by atoms with Gasteiger partial charge in [-0.3, -0.25) is 24.2 Å². The number of hydrogen-bond donors (Lipinski definition) is 4. The summed E-state index contributed by atoms with van der Waals surface area (Å²) in [4.78, 5) is 78.6. The first-order valence-corrected chi connectivity index (χ1v) is 37.3. The highest BCUT2D eigenvalue weighted by Gasteiger charge is 2.43. The summed E-state index contributed by atoms with van der Waals surface area (Å²) in [5, 5.41) is 21.6. The van der Waals surface area contributed by atoms with E-state index in [1.165, 1.54) is 17.0 Å². The first kappa shape index (κ1) is 94.3. The number of rotatable bonds is 47. The van der Waals surface area contributed by atoms with Gasteiger partial charge in [-0.2, -0.15) is 13.2 Å². The van der Waals surface area contributed by atoms with Crippen LogP contribution in [0.3, 0.4) is 0 Å². The Morgan fingerprint density at radius 1 is 0.661 bits per heavy atom. The number of hydrogen-bond acceptors (Lipinski definition) is 25. The second kappa shape index (κ2) is 51.5. The minimum absolute atomic E-state index is 0. The maximum Gasteiger partial charge on any atom is 0.416 e. The molecular weight excluding hydrogens is 1440 g/mol. The van der Waals surface area contributed by atoms with Crippen LogP contribution in [0.4, 0.5) is 18.9 Å². The number of ketones is 2. The molecule has 0 radical (unpaired) electrons. The van der Waals surface area contributed by atoms with Crippen molar-refractivity contribution in [2.75, 3.05) is 183 Å². The summed E-state index contributed by atoms with van der Waals surface area (Å²) in [6.45, 7) is 30.0. The fraction of sp³-hybridized carbons (Fsp3) is 0.615. The maximum absolute atomic E-state index is 13.2. The number of benzene rings is 2. The van der Waals surface area contributed by atoms with E-state index in [0.29, 0.717) is 162 Å². The predicted molar refractivity (Wildman–Crippen MR) is 406 cm³/mol. The largest absolute Gasteiger partial charge is 0.480 e. The van der Waals surface area contributed by atoms with Gasteiger partial charge in [-0.1, -0.05) is 78.4 Å². The summed E-state index contributed by atoms with van der Waals surface area (Å²) in [6.07, 6.45) is -1.71. The molecule has 2 aliphatic rings. The number of nitrogens with zero attached hydrogens (tertiary/aromatic N) is 5. The summed E-state index contributed by atoms with van der Waals surface area (Å²) < 4.78 is 110. The Hall–Kier alpha value is -7.05. The van der Waals surface area contributed by atoms with Crippen LogP contribution < -0.4 is 20.7 Å². The molecule has 0 aliphatic carbocycles. The number of carbonyl (C=O) groups is 5. The number of nitrogens with two attached hydrogens (primary N) is 1. The zero-order chi connectivity index (χ0) is 78.9. The van der Waals surface area contributed by atoms with Crippen molar-refractivity contribution < 1.29 is 109 Å². The second-order valence-electron chi connectivity index (χ2n) is 26.9. The molecule has 2 fully saturated rings. The molecule has 0 spiro atoms. The van der Waals surface area contributed by atoms with Gasteiger partial charge in [0.15, 0.2) is 11.6 Å². The highest BCUT2D eigenvalue weighted by Crippen LogP contribution is 2.35. The van der Waals surface area contributed by atoms with E-state index in [1.807, 2.05) is 111 Å². The summed E-state index contributed by atoms with van der Waals surface area (Å²) in [5.74, 6) is -1.49. The van der Waals surface area contributed by atoms with Gasteiger partial charge in [0, 0.05) is 73.2 Å². The lowest BCUT2D eigenvalue weighted by Gasteiger charge is -2.32. The molecule has 4 atom stereocenters. The van der Waals surface area contributed by atoms with Crippen molar-refractivity contribution in [2.45, 2.75) is 126 Å².